The number of ether oxygens (including phenoxy) is 1. The molecule has 0 bridgehead atoms. The largest absolute Gasteiger partial charge is 0.492 e. The van der Waals surface area contributed by atoms with Crippen LogP contribution in [0.2, 0.25) is 0 Å². The van der Waals surface area contributed by atoms with E-state index in [0.29, 0.717) is 25.1 Å². The van der Waals surface area contributed by atoms with Gasteiger partial charge in [-0.2, -0.15) is 0 Å². The normalized spacial score (nSPS) is 27.6. The highest BCUT2D eigenvalue weighted by molar-refractivity contribution is 7.98. The van der Waals surface area contributed by atoms with Gasteiger partial charge in [0.25, 0.3) is 0 Å². The van der Waals surface area contributed by atoms with Gasteiger partial charge in [-0.25, -0.2) is 0 Å². The highest BCUT2D eigenvalue weighted by Crippen LogP contribution is 2.39. The summed E-state index contributed by atoms with van der Waals surface area (Å²) in [6, 6.07) is 8.17. The molecule has 1 aromatic carbocycles. The quantitative estimate of drug-likeness (QED) is 0.806. The number of carboxylic acids is 1. The molecule has 4 nitrogen and oxygen atoms in total. The molecular weight excluding hydrogens is 310 g/mol. The van der Waals surface area contributed by atoms with Crippen LogP contribution in [0.4, 0.5) is 0 Å². The number of carboxylic acid groups (broad SMARTS) is 1. The standard InChI is InChI=1S/C18H25NO3S/c1-23-15-8-6-14(7-9-15)22-11-10-19-16-5-3-2-4-13(16)12-17(19)18(20)21/h6-9,13,16-17H,2-5,10-12H2,1H3,(H,20,21). The Hall–Kier alpha value is -1.20. The van der Waals surface area contributed by atoms with Crippen molar-refractivity contribution < 1.29 is 14.6 Å². The molecule has 3 atom stereocenters. The predicted octanol–water partition coefficient (Wildman–Crippen LogP) is 3.51. The van der Waals surface area contributed by atoms with Crippen molar-refractivity contribution in [1.82, 2.24) is 4.90 Å². The first-order valence-electron chi connectivity index (χ1n) is 8.44. The van der Waals surface area contributed by atoms with E-state index in [-0.39, 0.29) is 6.04 Å². The lowest BCUT2D eigenvalue weighted by Crippen LogP contribution is -2.44. The summed E-state index contributed by atoms with van der Waals surface area (Å²) in [7, 11) is 0. The van der Waals surface area contributed by atoms with Crippen LogP contribution in [0, 0.1) is 5.92 Å². The molecule has 1 saturated heterocycles. The summed E-state index contributed by atoms with van der Waals surface area (Å²) in [5.41, 5.74) is 0. The summed E-state index contributed by atoms with van der Waals surface area (Å²) < 4.78 is 5.83. The van der Waals surface area contributed by atoms with Crippen molar-refractivity contribution in [1.29, 1.82) is 0 Å². The molecule has 0 radical (unpaired) electrons. The zero-order valence-electron chi connectivity index (χ0n) is 13.6. The van der Waals surface area contributed by atoms with Crippen LogP contribution in [0.5, 0.6) is 5.75 Å². The van der Waals surface area contributed by atoms with Crippen molar-refractivity contribution in [3.05, 3.63) is 24.3 Å². The molecule has 1 aliphatic heterocycles. The smallest absolute Gasteiger partial charge is 0.320 e. The lowest BCUT2D eigenvalue weighted by Gasteiger charge is -2.32. The second-order valence-electron chi connectivity index (χ2n) is 6.46. The minimum atomic E-state index is -0.677. The maximum atomic E-state index is 11.6. The topological polar surface area (TPSA) is 49.8 Å². The number of thioether (sulfide) groups is 1. The molecular formula is C18H25NO3S. The van der Waals surface area contributed by atoms with Crippen LogP contribution in [0.3, 0.4) is 0 Å². The van der Waals surface area contributed by atoms with Crippen molar-refractivity contribution in [2.45, 2.75) is 49.1 Å². The molecule has 5 heteroatoms. The fourth-order valence-corrected chi connectivity index (χ4v) is 4.47. The third-order valence-electron chi connectivity index (χ3n) is 5.18. The molecule has 1 N–H and O–H groups in total. The fourth-order valence-electron chi connectivity index (χ4n) is 4.06. The first-order chi connectivity index (χ1) is 11.2. The van der Waals surface area contributed by atoms with Crippen molar-refractivity contribution in [3.63, 3.8) is 0 Å². The van der Waals surface area contributed by atoms with E-state index >= 15 is 0 Å². The molecule has 0 spiro atoms. The molecule has 1 aromatic rings. The van der Waals surface area contributed by atoms with Gasteiger partial charge < -0.3 is 9.84 Å². The molecule has 1 aliphatic carbocycles. The minimum absolute atomic E-state index is 0.328. The molecule has 126 valence electrons. The van der Waals surface area contributed by atoms with E-state index in [1.807, 2.05) is 24.3 Å². The van der Waals surface area contributed by atoms with Crippen LogP contribution in [-0.4, -0.2) is 47.5 Å². The molecule has 2 aliphatic rings. The molecule has 3 unspecified atom stereocenters. The molecule has 0 amide bonds. The number of hydrogen-bond donors (Lipinski definition) is 1. The maximum absolute atomic E-state index is 11.6. The van der Waals surface area contributed by atoms with Gasteiger partial charge in [0.2, 0.25) is 0 Å². The van der Waals surface area contributed by atoms with Gasteiger partial charge in [0.05, 0.1) is 0 Å². The van der Waals surface area contributed by atoms with Crippen molar-refractivity contribution in [2.75, 3.05) is 19.4 Å². The Bertz CT molecular complexity index is 534. The Morgan fingerprint density at radius 2 is 2.04 bits per heavy atom. The molecule has 1 heterocycles. The van der Waals surface area contributed by atoms with Crippen LogP contribution in [0.1, 0.15) is 32.1 Å². The van der Waals surface area contributed by atoms with Gasteiger partial charge in [-0.3, -0.25) is 9.69 Å². The Kier molecular flexibility index (Phi) is 5.49. The monoisotopic (exact) mass is 335 g/mol. The summed E-state index contributed by atoms with van der Waals surface area (Å²) in [5.74, 6) is 0.739. The lowest BCUT2D eigenvalue weighted by atomic mass is 9.85. The third-order valence-corrected chi connectivity index (χ3v) is 5.93. The van der Waals surface area contributed by atoms with Gasteiger partial charge in [0.15, 0.2) is 0 Å². The van der Waals surface area contributed by atoms with E-state index < -0.39 is 5.97 Å². The average Bonchev–Trinajstić information content (AvgIpc) is 2.95. The summed E-state index contributed by atoms with van der Waals surface area (Å²) >= 11 is 1.71. The van der Waals surface area contributed by atoms with Crippen molar-refractivity contribution in [2.24, 2.45) is 5.92 Å². The van der Waals surface area contributed by atoms with E-state index in [0.717, 1.165) is 18.6 Å². The second kappa shape index (κ2) is 7.58. The Morgan fingerprint density at radius 3 is 2.74 bits per heavy atom. The van der Waals surface area contributed by atoms with Crippen molar-refractivity contribution in [3.8, 4) is 5.75 Å². The van der Waals surface area contributed by atoms with E-state index in [4.69, 9.17) is 4.74 Å². The summed E-state index contributed by atoms with van der Waals surface area (Å²) in [6.07, 6.45) is 7.65. The maximum Gasteiger partial charge on any atom is 0.320 e. The number of benzene rings is 1. The predicted molar refractivity (Wildman–Crippen MR) is 92.2 cm³/mol. The van der Waals surface area contributed by atoms with Crippen LogP contribution >= 0.6 is 11.8 Å². The number of aliphatic carboxylic acids is 1. The van der Waals surface area contributed by atoms with Crippen molar-refractivity contribution >= 4 is 17.7 Å². The van der Waals surface area contributed by atoms with Crippen LogP contribution < -0.4 is 4.74 Å². The SMILES string of the molecule is CSc1ccc(OCCN2C(C(=O)O)CC3CCCCC32)cc1. The fraction of sp³-hybridized carbons (Fsp3) is 0.611. The molecule has 23 heavy (non-hydrogen) atoms. The van der Waals surface area contributed by atoms with Crippen LogP contribution in [0.15, 0.2) is 29.2 Å². The number of likely N-dealkylation sites (tertiary alicyclic amines) is 1. The first-order valence-corrected chi connectivity index (χ1v) is 9.67. The van der Waals surface area contributed by atoms with Gasteiger partial charge in [0, 0.05) is 17.5 Å². The molecule has 3 rings (SSSR count). The number of nitrogens with zero attached hydrogens (tertiary/aromatic N) is 1. The van der Waals surface area contributed by atoms with Gasteiger partial charge >= 0.3 is 5.97 Å². The molecule has 1 saturated carbocycles. The van der Waals surface area contributed by atoms with Gasteiger partial charge in [-0.05, 0) is 55.7 Å². The Labute approximate surface area is 142 Å². The van der Waals surface area contributed by atoms with E-state index in [1.54, 1.807) is 11.8 Å². The van der Waals surface area contributed by atoms with Crippen LogP contribution in [0.25, 0.3) is 0 Å². The number of fused-ring (bicyclic) bond motifs is 1. The van der Waals surface area contributed by atoms with E-state index in [1.165, 1.54) is 24.2 Å². The third kappa shape index (κ3) is 3.83. The molecule has 0 aromatic heterocycles. The Balaban J connectivity index is 1.57. The summed E-state index contributed by atoms with van der Waals surface area (Å²) in [4.78, 5) is 15.0. The van der Waals surface area contributed by atoms with Gasteiger partial charge in [-0.1, -0.05) is 12.8 Å². The minimum Gasteiger partial charge on any atom is -0.492 e. The van der Waals surface area contributed by atoms with E-state index in [9.17, 15) is 9.90 Å². The zero-order valence-corrected chi connectivity index (χ0v) is 14.4. The van der Waals surface area contributed by atoms with Gasteiger partial charge in [0.1, 0.15) is 18.4 Å². The summed E-state index contributed by atoms with van der Waals surface area (Å²) in [5, 5.41) is 9.52. The summed E-state index contributed by atoms with van der Waals surface area (Å²) in [6.45, 7) is 1.24. The zero-order chi connectivity index (χ0) is 16.2. The number of hydrogen-bond acceptors (Lipinski definition) is 4. The highest BCUT2D eigenvalue weighted by atomic mass is 32.2. The first kappa shape index (κ1) is 16.7. The number of rotatable bonds is 6. The highest BCUT2D eigenvalue weighted by Gasteiger charge is 2.44. The van der Waals surface area contributed by atoms with Crippen LogP contribution in [-0.2, 0) is 4.79 Å². The molecule has 2 fully saturated rings. The van der Waals surface area contributed by atoms with Gasteiger partial charge in [-0.15, -0.1) is 11.8 Å². The second-order valence-corrected chi connectivity index (χ2v) is 7.34. The lowest BCUT2D eigenvalue weighted by molar-refractivity contribution is -0.142. The number of carbonyl (C=O) groups is 1. The van der Waals surface area contributed by atoms with E-state index in [2.05, 4.69) is 11.2 Å². The Morgan fingerprint density at radius 1 is 1.30 bits per heavy atom. The average molecular weight is 335 g/mol.